The first-order valence-electron chi connectivity index (χ1n) is 7.06. The van der Waals surface area contributed by atoms with Crippen LogP contribution in [0, 0.1) is 24.0 Å². The lowest BCUT2D eigenvalue weighted by atomic mass is 10.0. The maximum Gasteiger partial charge on any atom is 0.321 e. The van der Waals surface area contributed by atoms with Gasteiger partial charge in [0.25, 0.3) is 5.91 Å². The largest absolute Gasteiger partial charge is 0.504 e. The maximum atomic E-state index is 12.4. The SMILES string of the molecule is COc1c(O)ccc(C2NC(=O)c3c(sc(C)c3C)N2)c1[N+](=O)[O-]. The van der Waals surface area contributed by atoms with E-state index in [0.717, 1.165) is 10.4 Å². The molecule has 1 aliphatic heterocycles. The van der Waals surface area contributed by atoms with Crippen molar-refractivity contribution in [3.8, 4) is 11.5 Å². The predicted molar refractivity (Wildman–Crippen MR) is 88.9 cm³/mol. The predicted octanol–water partition coefficient (Wildman–Crippen LogP) is 2.84. The van der Waals surface area contributed by atoms with E-state index >= 15 is 0 Å². The monoisotopic (exact) mass is 349 g/mol. The molecule has 1 aromatic carbocycles. The molecule has 1 aliphatic rings. The molecule has 0 radical (unpaired) electrons. The summed E-state index contributed by atoms with van der Waals surface area (Å²) in [6, 6.07) is 2.70. The number of nitro benzene ring substituents is 1. The van der Waals surface area contributed by atoms with E-state index in [0.29, 0.717) is 10.6 Å². The fourth-order valence-corrected chi connectivity index (χ4v) is 3.81. The molecule has 1 atom stereocenters. The number of nitrogens with one attached hydrogen (secondary N) is 2. The van der Waals surface area contributed by atoms with Crippen molar-refractivity contribution >= 4 is 27.9 Å². The third-order valence-corrected chi connectivity index (χ3v) is 5.14. The van der Waals surface area contributed by atoms with Crippen molar-refractivity contribution < 1.29 is 19.6 Å². The smallest absolute Gasteiger partial charge is 0.321 e. The summed E-state index contributed by atoms with van der Waals surface area (Å²) in [6.07, 6.45) is -0.794. The number of hydrogen-bond donors (Lipinski definition) is 3. The van der Waals surface area contributed by atoms with Gasteiger partial charge in [0.05, 0.1) is 23.2 Å². The van der Waals surface area contributed by atoms with Crippen LogP contribution in [0.2, 0.25) is 0 Å². The number of carbonyl (C=O) groups is 1. The molecule has 3 rings (SSSR count). The van der Waals surface area contributed by atoms with E-state index in [4.69, 9.17) is 4.74 Å². The molecule has 2 heterocycles. The van der Waals surface area contributed by atoms with E-state index < -0.39 is 11.1 Å². The number of aryl methyl sites for hydroxylation is 1. The van der Waals surface area contributed by atoms with Gasteiger partial charge in [-0.25, -0.2) is 0 Å². The van der Waals surface area contributed by atoms with Crippen molar-refractivity contribution in [3.63, 3.8) is 0 Å². The third-order valence-electron chi connectivity index (χ3n) is 4.00. The van der Waals surface area contributed by atoms with Crippen molar-refractivity contribution in [3.05, 3.63) is 43.8 Å². The highest BCUT2D eigenvalue weighted by Gasteiger charge is 2.35. The van der Waals surface area contributed by atoms with Crippen molar-refractivity contribution in [2.24, 2.45) is 0 Å². The first kappa shape index (κ1) is 16.1. The van der Waals surface area contributed by atoms with E-state index in [2.05, 4.69) is 10.6 Å². The molecule has 0 aliphatic carbocycles. The van der Waals surface area contributed by atoms with Crippen molar-refractivity contribution in [2.75, 3.05) is 12.4 Å². The molecule has 0 spiro atoms. The number of hydrogen-bond acceptors (Lipinski definition) is 7. The molecule has 3 N–H and O–H groups in total. The fourth-order valence-electron chi connectivity index (χ4n) is 2.73. The van der Waals surface area contributed by atoms with Crippen LogP contribution in [0.5, 0.6) is 11.5 Å². The Hall–Kier alpha value is -2.81. The number of nitrogens with zero attached hydrogens (tertiary/aromatic N) is 1. The van der Waals surface area contributed by atoms with Crippen LogP contribution in [0.25, 0.3) is 0 Å². The van der Waals surface area contributed by atoms with Gasteiger partial charge in [-0.15, -0.1) is 11.3 Å². The highest BCUT2D eigenvalue weighted by Crippen LogP contribution is 2.44. The fraction of sp³-hybridized carbons (Fsp3) is 0.267. The average molecular weight is 349 g/mol. The van der Waals surface area contributed by atoms with Crippen molar-refractivity contribution in [1.29, 1.82) is 0 Å². The van der Waals surface area contributed by atoms with Gasteiger partial charge < -0.3 is 20.5 Å². The van der Waals surface area contributed by atoms with E-state index in [9.17, 15) is 20.0 Å². The number of thiophene rings is 1. The number of methoxy groups -OCH3 is 1. The Labute approximate surface area is 141 Å². The standard InChI is InChI=1S/C15H15N3O5S/c1-6-7(2)24-15-10(6)14(20)16-13(17-15)8-4-5-9(19)12(23-3)11(8)18(21)22/h4-5,13,17,19H,1-3H3,(H,16,20). The third kappa shape index (κ3) is 2.33. The number of fused-ring (bicyclic) bond motifs is 1. The van der Waals surface area contributed by atoms with Gasteiger partial charge in [-0.2, -0.15) is 0 Å². The van der Waals surface area contributed by atoms with Gasteiger partial charge in [-0.1, -0.05) is 0 Å². The Kier molecular flexibility index (Phi) is 3.80. The molecule has 0 bridgehead atoms. The molecule has 9 heteroatoms. The highest BCUT2D eigenvalue weighted by molar-refractivity contribution is 7.16. The minimum atomic E-state index is -0.794. The Morgan fingerprint density at radius 3 is 2.67 bits per heavy atom. The van der Waals surface area contributed by atoms with E-state index in [1.807, 2.05) is 13.8 Å². The molecule has 8 nitrogen and oxygen atoms in total. The minimum Gasteiger partial charge on any atom is -0.504 e. The van der Waals surface area contributed by atoms with E-state index in [1.165, 1.54) is 30.6 Å². The van der Waals surface area contributed by atoms with Gasteiger partial charge in [0.15, 0.2) is 5.75 Å². The number of benzene rings is 1. The number of anilines is 1. The van der Waals surface area contributed by atoms with Gasteiger partial charge in [-0.05, 0) is 31.5 Å². The van der Waals surface area contributed by atoms with Crippen LogP contribution in [0.1, 0.15) is 32.5 Å². The molecule has 1 unspecified atom stereocenters. The summed E-state index contributed by atoms with van der Waals surface area (Å²) in [6.45, 7) is 3.77. The number of phenolic OH excluding ortho intramolecular Hbond substituents is 1. The number of rotatable bonds is 3. The molecular formula is C15H15N3O5S. The zero-order valence-corrected chi connectivity index (χ0v) is 14.0. The summed E-state index contributed by atoms with van der Waals surface area (Å²) >= 11 is 1.42. The normalized spacial score (nSPS) is 16.1. The molecule has 0 saturated carbocycles. The van der Waals surface area contributed by atoms with Gasteiger partial charge >= 0.3 is 5.69 Å². The number of ether oxygens (including phenoxy) is 1. The van der Waals surface area contributed by atoms with Crippen molar-refractivity contribution in [1.82, 2.24) is 5.32 Å². The van der Waals surface area contributed by atoms with Crippen LogP contribution in [-0.2, 0) is 0 Å². The first-order chi connectivity index (χ1) is 11.3. The van der Waals surface area contributed by atoms with E-state index in [1.54, 1.807) is 0 Å². The molecule has 0 fully saturated rings. The summed E-state index contributed by atoms with van der Waals surface area (Å²) < 4.78 is 4.96. The van der Waals surface area contributed by atoms with Crippen LogP contribution in [0.3, 0.4) is 0 Å². The second-order valence-corrected chi connectivity index (χ2v) is 6.58. The summed E-state index contributed by atoms with van der Waals surface area (Å²) in [5.74, 6) is -0.867. The summed E-state index contributed by atoms with van der Waals surface area (Å²) in [4.78, 5) is 24.2. The number of phenols is 1. The Balaban J connectivity index is 2.11. The average Bonchev–Trinajstić information content (AvgIpc) is 2.81. The number of amides is 1. The molecule has 0 saturated heterocycles. The van der Waals surface area contributed by atoms with Crippen LogP contribution < -0.4 is 15.4 Å². The minimum absolute atomic E-state index is 0.206. The highest BCUT2D eigenvalue weighted by atomic mass is 32.1. The van der Waals surface area contributed by atoms with E-state index in [-0.39, 0.29) is 28.7 Å². The number of aromatic hydroxyl groups is 1. The summed E-state index contributed by atoms with van der Waals surface area (Å²) in [7, 11) is 1.24. The molecule has 1 aromatic heterocycles. The molecule has 24 heavy (non-hydrogen) atoms. The Morgan fingerprint density at radius 1 is 1.33 bits per heavy atom. The molecule has 2 aromatic rings. The van der Waals surface area contributed by atoms with Crippen LogP contribution in [0.15, 0.2) is 12.1 Å². The van der Waals surface area contributed by atoms with Gasteiger partial charge in [-0.3, -0.25) is 14.9 Å². The topological polar surface area (TPSA) is 114 Å². The summed E-state index contributed by atoms with van der Waals surface area (Å²) in [5.41, 5.74) is 1.26. The molecule has 126 valence electrons. The van der Waals surface area contributed by atoms with Crippen LogP contribution >= 0.6 is 11.3 Å². The lowest BCUT2D eigenvalue weighted by molar-refractivity contribution is -0.386. The second kappa shape index (κ2) is 5.68. The van der Waals surface area contributed by atoms with Gasteiger partial charge in [0.1, 0.15) is 11.2 Å². The zero-order valence-electron chi connectivity index (χ0n) is 13.2. The number of carbonyl (C=O) groups excluding carboxylic acids is 1. The lowest BCUT2D eigenvalue weighted by Crippen LogP contribution is -2.38. The van der Waals surface area contributed by atoms with Crippen LogP contribution in [0.4, 0.5) is 10.7 Å². The van der Waals surface area contributed by atoms with Crippen LogP contribution in [-0.4, -0.2) is 23.0 Å². The maximum absolute atomic E-state index is 12.4. The zero-order chi connectivity index (χ0) is 17.6. The number of nitro groups is 1. The molecular weight excluding hydrogens is 334 g/mol. The quantitative estimate of drug-likeness (QED) is 0.580. The van der Waals surface area contributed by atoms with Gasteiger partial charge in [0.2, 0.25) is 5.75 Å². The Morgan fingerprint density at radius 2 is 2.04 bits per heavy atom. The second-order valence-electron chi connectivity index (χ2n) is 5.35. The molecule has 1 amide bonds. The Bertz CT molecular complexity index is 861. The summed E-state index contributed by atoms with van der Waals surface area (Å²) in [5, 5.41) is 27.7. The van der Waals surface area contributed by atoms with Crippen molar-refractivity contribution in [2.45, 2.75) is 20.0 Å². The lowest BCUT2D eigenvalue weighted by Gasteiger charge is -2.26. The first-order valence-corrected chi connectivity index (χ1v) is 7.88. The van der Waals surface area contributed by atoms with Gasteiger partial charge in [0, 0.05) is 4.88 Å².